The van der Waals surface area contributed by atoms with Gasteiger partial charge in [0, 0.05) is 19.0 Å². The van der Waals surface area contributed by atoms with Gasteiger partial charge in [0.2, 0.25) is 5.91 Å². The lowest BCUT2D eigenvalue weighted by Gasteiger charge is -2.33. The van der Waals surface area contributed by atoms with Crippen LogP contribution in [0.1, 0.15) is 26.2 Å². The highest BCUT2D eigenvalue weighted by Gasteiger charge is 2.21. The van der Waals surface area contributed by atoms with E-state index in [0.717, 1.165) is 32.5 Å². The molecule has 0 aromatic rings. The van der Waals surface area contributed by atoms with Crippen molar-refractivity contribution in [2.75, 3.05) is 19.6 Å². The van der Waals surface area contributed by atoms with E-state index in [-0.39, 0.29) is 5.91 Å². The number of hydrogen-bond acceptors (Lipinski definition) is 3. The first kappa shape index (κ1) is 11.5. The first-order valence-electron chi connectivity index (χ1n) is 5.36. The average molecular weight is 199 g/mol. The molecule has 14 heavy (non-hydrogen) atoms. The molecule has 1 atom stereocenters. The maximum absolute atomic E-state index is 10.6. The smallest absolute Gasteiger partial charge is 0.218 e. The largest absolute Gasteiger partial charge is 0.370 e. The number of nitrogens with two attached hydrogens (primary N) is 2. The molecule has 0 spiro atoms. The zero-order valence-electron chi connectivity index (χ0n) is 8.91. The van der Waals surface area contributed by atoms with Gasteiger partial charge in [0.1, 0.15) is 0 Å². The average Bonchev–Trinajstić information content (AvgIpc) is 2.15. The number of piperidine rings is 1. The van der Waals surface area contributed by atoms with E-state index in [9.17, 15) is 4.79 Å². The highest BCUT2D eigenvalue weighted by molar-refractivity contribution is 5.73. The Bertz CT molecular complexity index is 186. The summed E-state index contributed by atoms with van der Waals surface area (Å²) in [5, 5.41) is 0. The van der Waals surface area contributed by atoms with Gasteiger partial charge in [0.15, 0.2) is 0 Å². The van der Waals surface area contributed by atoms with Crippen molar-refractivity contribution in [3.05, 3.63) is 0 Å². The molecule has 0 bridgehead atoms. The maximum Gasteiger partial charge on any atom is 0.218 e. The third-order valence-corrected chi connectivity index (χ3v) is 3.05. The summed E-state index contributed by atoms with van der Waals surface area (Å²) < 4.78 is 0. The van der Waals surface area contributed by atoms with Gasteiger partial charge >= 0.3 is 0 Å². The van der Waals surface area contributed by atoms with E-state index in [1.54, 1.807) is 0 Å². The third kappa shape index (κ3) is 3.64. The second-order valence-electron chi connectivity index (χ2n) is 4.25. The van der Waals surface area contributed by atoms with Crippen LogP contribution in [-0.4, -0.2) is 36.5 Å². The molecule has 1 heterocycles. The fourth-order valence-corrected chi connectivity index (χ4v) is 1.97. The molecule has 1 rings (SSSR count). The predicted octanol–water partition coefficient (Wildman–Crippen LogP) is -0.0790. The molecular weight excluding hydrogens is 178 g/mol. The van der Waals surface area contributed by atoms with E-state index in [1.807, 2.05) is 0 Å². The molecule has 4 nitrogen and oxygen atoms in total. The van der Waals surface area contributed by atoms with E-state index in [2.05, 4.69) is 11.8 Å². The van der Waals surface area contributed by atoms with Crippen LogP contribution in [0.25, 0.3) is 0 Å². The van der Waals surface area contributed by atoms with Gasteiger partial charge in [0.05, 0.1) is 0 Å². The van der Waals surface area contributed by atoms with Gasteiger partial charge in [-0.2, -0.15) is 0 Å². The van der Waals surface area contributed by atoms with Crippen molar-refractivity contribution in [1.82, 2.24) is 4.90 Å². The molecule has 1 unspecified atom stereocenters. The van der Waals surface area contributed by atoms with Crippen LogP contribution >= 0.6 is 0 Å². The van der Waals surface area contributed by atoms with Crippen molar-refractivity contribution in [3.8, 4) is 0 Å². The number of rotatable bonds is 4. The number of primary amides is 1. The van der Waals surface area contributed by atoms with Gasteiger partial charge in [-0.15, -0.1) is 0 Å². The standard InChI is InChI=1S/C10H21N3O/c1-8(11)9-2-5-13(6-3-9)7-4-10(12)14/h8-9H,2-7,11H2,1H3,(H2,12,14). The van der Waals surface area contributed by atoms with Crippen LogP contribution in [0, 0.1) is 5.92 Å². The lowest BCUT2D eigenvalue weighted by molar-refractivity contribution is -0.118. The summed E-state index contributed by atoms with van der Waals surface area (Å²) in [5.41, 5.74) is 10.9. The van der Waals surface area contributed by atoms with E-state index < -0.39 is 0 Å². The zero-order chi connectivity index (χ0) is 10.6. The third-order valence-electron chi connectivity index (χ3n) is 3.05. The number of amides is 1. The van der Waals surface area contributed by atoms with Crippen LogP contribution in [0.3, 0.4) is 0 Å². The molecule has 0 radical (unpaired) electrons. The van der Waals surface area contributed by atoms with Crippen LogP contribution < -0.4 is 11.5 Å². The normalized spacial score (nSPS) is 22.1. The lowest BCUT2D eigenvalue weighted by Crippen LogP contribution is -2.40. The second kappa shape index (κ2) is 5.32. The lowest BCUT2D eigenvalue weighted by atomic mass is 9.91. The van der Waals surface area contributed by atoms with Crippen LogP contribution in [0.2, 0.25) is 0 Å². The van der Waals surface area contributed by atoms with Gasteiger partial charge < -0.3 is 16.4 Å². The summed E-state index contributed by atoms with van der Waals surface area (Å²) in [5.74, 6) is 0.444. The fraction of sp³-hybridized carbons (Fsp3) is 0.900. The van der Waals surface area contributed by atoms with Crippen LogP contribution in [0.15, 0.2) is 0 Å². The summed E-state index contributed by atoms with van der Waals surface area (Å²) in [7, 11) is 0. The zero-order valence-corrected chi connectivity index (χ0v) is 8.91. The topological polar surface area (TPSA) is 72.3 Å². The Labute approximate surface area is 85.6 Å². The molecule has 4 heteroatoms. The minimum absolute atomic E-state index is 0.209. The van der Waals surface area contributed by atoms with Crippen molar-refractivity contribution in [2.45, 2.75) is 32.2 Å². The Morgan fingerprint density at radius 2 is 2.07 bits per heavy atom. The molecule has 1 amide bonds. The number of carbonyl (C=O) groups excluding carboxylic acids is 1. The molecule has 4 N–H and O–H groups in total. The highest BCUT2D eigenvalue weighted by Crippen LogP contribution is 2.19. The maximum atomic E-state index is 10.6. The van der Waals surface area contributed by atoms with Crippen LogP contribution in [-0.2, 0) is 4.79 Å². The first-order valence-corrected chi connectivity index (χ1v) is 5.36. The number of nitrogens with zero attached hydrogens (tertiary/aromatic N) is 1. The fourth-order valence-electron chi connectivity index (χ4n) is 1.97. The quantitative estimate of drug-likeness (QED) is 0.665. The number of carbonyl (C=O) groups is 1. The second-order valence-corrected chi connectivity index (χ2v) is 4.25. The summed E-state index contributed by atoms with van der Waals surface area (Å²) >= 11 is 0. The van der Waals surface area contributed by atoms with Crippen molar-refractivity contribution >= 4 is 5.91 Å². The Morgan fingerprint density at radius 3 is 2.50 bits per heavy atom. The molecular formula is C10H21N3O. The monoisotopic (exact) mass is 199 g/mol. The van der Waals surface area contributed by atoms with Gasteiger partial charge in [-0.05, 0) is 38.8 Å². The summed E-state index contributed by atoms with van der Waals surface area (Å²) in [6.07, 6.45) is 2.77. The Hall–Kier alpha value is -0.610. The van der Waals surface area contributed by atoms with E-state index in [0.29, 0.717) is 18.4 Å². The minimum Gasteiger partial charge on any atom is -0.370 e. The molecule has 0 aromatic carbocycles. The van der Waals surface area contributed by atoms with E-state index in [4.69, 9.17) is 11.5 Å². The summed E-state index contributed by atoms with van der Waals surface area (Å²) in [6.45, 7) is 4.99. The first-order chi connectivity index (χ1) is 6.59. The minimum atomic E-state index is -0.209. The van der Waals surface area contributed by atoms with Gasteiger partial charge in [-0.1, -0.05) is 0 Å². The van der Waals surface area contributed by atoms with Gasteiger partial charge in [-0.25, -0.2) is 0 Å². The van der Waals surface area contributed by atoms with Gasteiger partial charge in [-0.3, -0.25) is 4.79 Å². The molecule has 1 saturated heterocycles. The van der Waals surface area contributed by atoms with Crippen molar-refractivity contribution in [3.63, 3.8) is 0 Å². The van der Waals surface area contributed by atoms with Crippen LogP contribution in [0.5, 0.6) is 0 Å². The van der Waals surface area contributed by atoms with Gasteiger partial charge in [0.25, 0.3) is 0 Å². The van der Waals surface area contributed by atoms with E-state index in [1.165, 1.54) is 0 Å². The predicted molar refractivity (Wildman–Crippen MR) is 56.6 cm³/mol. The molecule has 1 aliphatic heterocycles. The Balaban J connectivity index is 2.19. The molecule has 0 saturated carbocycles. The molecule has 82 valence electrons. The number of hydrogen-bond donors (Lipinski definition) is 2. The SMILES string of the molecule is CC(N)C1CCN(CCC(N)=O)CC1. The van der Waals surface area contributed by atoms with Crippen molar-refractivity contribution < 1.29 is 4.79 Å². The highest BCUT2D eigenvalue weighted by atomic mass is 16.1. The van der Waals surface area contributed by atoms with E-state index >= 15 is 0 Å². The van der Waals surface area contributed by atoms with Crippen molar-refractivity contribution in [1.29, 1.82) is 0 Å². The Morgan fingerprint density at radius 1 is 1.50 bits per heavy atom. The number of likely N-dealkylation sites (tertiary alicyclic amines) is 1. The Kier molecular flexibility index (Phi) is 4.35. The molecule has 0 aliphatic carbocycles. The molecule has 1 fully saturated rings. The van der Waals surface area contributed by atoms with Crippen molar-refractivity contribution in [2.24, 2.45) is 17.4 Å². The molecule has 0 aromatic heterocycles. The summed E-state index contributed by atoms with van der Waals surface area (Å²) in [6, 6.07) is 0.299. The summed E-state index contributed by atoms with van der Waals surface area (Å²) in [4.78, 5) is 12.9. The van der Waals surface area contributed by atoms with Crippen LogP contribution in [0.4, 0.5) is 0 Å². The molecule has 1 aliphatic rings.